The van der Waals surface area contributed by atoms with Crippen molar-refractivity contribution in [2.24, 2.45) is 0 Å². The summed E-state index contributed by atoms with van der Waals surface area (Å²) in [5, 5.41) is 12.5. The highest BCUT2D eigenvalue weighted by Crippen LogP contribution is 2.31. The third-order valence-electron chi connectivity index (χ3n) is 3.83. The lowest BCUT2D eigenvalue weighted by Gasteiger charge is -2.40. The fourth-order valence-electron chi connectivity index (χ4n) is 2.75. The van der Waals surface area contributed by atoms with Gasteiger partial charge >= 0.3 is 6.18 Å². The van der Waals surface area contributed by atoms with Crippen LogP contribution in [0.4, 0.5) is 13.2 Å². The van der Waals surface area contributed by atoms with E-state index in [1.807, 2.05) is 6.92 Å². The van der Waals surface area contributed by atoms with Crippen LogP contribution in [0.2, 0.25) is 0 Å². The zero-order valence-electron chi connectivity index (χ0n) is 11.6. The van der Waals surface area contributed by atoms with Gasteiger partial charge in [-0.25, -0.2) is 0 Å². The molecule has 1 rings (SSSR count). The van der Waals surface area contributed by atoms with Crippen molar-refractivity contribution in [1.29, 1.82) is 5.26 Å². The third-order valence-corrected chi connectivity index (χ3v) is 3.83. The number of hydrogen-bond donors (Lipinski definition) is 1. The van der Waals surface area contributed by atoms with Crippen molar-refractivity contribution in [3.63, 3.8) is 0 Å². The Kier molecular flexibility index (Phi) is 5.63. The van der Waals surface area contributed by atoms with Crippen LogP contribution >= 0.6 is 0 Å². The van der Waals surface area contributed by atoms with Crippen LogP contribution in [0.1, 0.15) is 39.0 Å². The van der Waals surface area contributed by atoms with Crippen LogP contribution in [-0.4, -0.2) is 42.8 Å². The molecule has 3 nitrogen and oxygen atoms in total. The van der Waals surface area contributed by atoms with Crippen molar-refractivity contribution in [1.82, 2.24) is 10.2 Å². The molecule has 0 aromatic carbocycles. The van der Waals surface area contributed by atoms with Crippen molar-refractivity contribution in [3.05, 3.63) is 0 Å². The molecule has 1 aliphatic rings. The minimum absolute atomic E-state index is 0.00179. The van der Waals surface area contributed by atoms with Crippen molar-refractivity contribution in [2.75, 3.05) is 20.1 Å². The Hall–Kier alpha value is -0.800. The molecule has 0 spiro atoms. The smallest absolute Gasteiger partial charge is 0.303 e. The van der Waals surface area contributed by atoms with E-state index in [0.29, 0.717) is 13.0 Å². The first-order valence-electron chi connectivity index (χ1n) is 6.75. The summed E-state index contributed by atoms with van der Waals surface area (Å²) in [6, 6.07) is 2.37. The van der Waals surface area contributed by atoms with Crippen LogP contribution in [-0.2, 0) is 0 Å². The second kappa shape index (κ2) is 6.58. The number of nitriles is 1. The van der Waals surface area contributed by atoms with E-state index in [9.17, 15) is 18.4 Å². The Labute approximate surface area is 112 Å². The van der Waals surface area contributed by atoms with Crippen LogP contribution in [0.5, 0.6) is 0 Å². The standard InChI is InChI=1S/C13H22F3N3/c1-3-18-12(10-17)6-4-5-11(9-12)19(2)8-7-13(14,15)16/h11,18H,3-9H2,1-2H3. The molecule has 0 amide bonds. The monoisotopic (exact) mass is 277 g/mol. The number of hydrogen-bond acceptors (Lipinski definition) is 3. The molecule has 0 aromatic heterocycles. The highest BCUT2D eigenvalue weighted by atomic mass is 19.4. The van der Waals surface area contributed by atoms with Crippen molar-refractivity contribution < 1.29 is 13.2 Å². The van der Waals surface area contributed by atoms with Gasteiger partial charge in [0.2, 0.25) is 0 Å². The average molecular weight is 277 g/mol. The molecule has 2 atom stereocenters. The van der Waals surface area contributed by atoms with Gasteiger partial charge in [-0.15, -0.1) is 0 Å². The first-order valence-corrected chi connectivity index (χ1v) is 6.75. The number of alkyl halides is 3. The van der Waals surface area contributed by atoms with E-state index >= 15 is 0 Å². The van der Waals surface area contributed by atoms with E-state index in [2.05, 4.69) is 11.4 Å². The largest absolute Gasteiger partial charge is 0.390 e. The number of nitrogens with one attached hydrogen (secondary N) is 1. The lowest BCUT2D eigenvalue weighted by Crippen LogP contribution is -2.52. The lowest BCUT2D eigenvalue weighted by atomic mass is 9.79. The molecule has 0 aliphatic heterocycles. The Morgan fingerprint density at radius 3 is 2.68 bits per heavy atom. The number of rotatable bonds is 5. The highest BCUT2D eigenvalue weighted by Gasteiger charge is 2.38. The molecule has 1 fully saturated rings. The van der Waals surface area contributed by atoms with Crippen molar-refractivity contribution in [2.45, 2.75) is 56.8 Å². The molecule has 110 valence electrons. The van der Waals surface area contributed by atoms with E-state index in [1.165, 1.54) is 0 Å². The predicted octanol–water partition coefficient (Wildman–Crippen LogP) is 2.69. The van der Waals surface area contributed by atoms with Gasteiger partial charge in [-0.1, -0.05) is 6.92 Å². The summed E-state index contributed by atoms with van der Waals surface area (Å²) in [5.41, 5.74) is -0.565. The Morgan fingerprint density at radius 2 is 2.16 bits per heavy atom. The van der Waals surface area contributed by atoms with Gasteiger partial charge in [0.25, 0.3) is 0 Å². The second-order valence-electron chi connectivity index (χ2n) is 5.32. The first-order chi connectivity index (χ1) is 8.82. The number of nitrogens with zero attached hydrogens (tertiary/aromatic N) is 2. The maximum absolute atomic E-state index is 12.2. The lowest BCUT2D eigenvalue weighted by molar-refractivity contribution is -0.138. The highest BCUT2D eigenvalue weighted by molar-refractivity contribution is 5.10. The van der Waals surface area contributed by atoms with Gasteiger partial charge in [0, 0.05) is 12.6 Å². The minimum atomic E-state index is -4.11. The topological polar surface area (TPSA) is 39.1 Å². The maximum atomic E-state index is 12.2. The summed E-state index contributed by atoms with van der Waals surface area (Å²) in [7, 11) is 1.72. The van der Waals surface area contributed by atoms with Gasteiger partial charge in [0.05, 0.1) is 12.5 Å². The van der Waals surface area contributed by atoms with Crippen LogP contribution < -0.4 is 5.32 Å². The molecule has 19 heavy (non-hydrogen) atoms. The van der Waals surface area contributed by atoms with Crippen molar-refractivity contribution in [3.8, 4) is 6.07 Å². The van der Waals surface area contributed by atoms with E-state index in [1.54, 1.807) is 11.9 Å². The van der Waals surface area contributed by atoms with Gasteiger partial charge in [-0.3, -0.25) is 5.32 Å². The van der Waals surface area contributed by atoms with Gasteiger partial charge in [0.15, 0.2) is 0 Å². The summed E-state index contributed by atoms with van der Waals surface area (Å²) in [4.78, 5) is 1.75. The van der Waals surface area contributed by atoms with Crippen LogP contribution in [0.15, 0.2) is 0 Å². The molecule has 0 radical (unpaired) electrons. The number of halogens is 3. The maximum Gasteiger partial charge on any atom is 0.390 e. The SMILES string of the molecule is CCNC1(C#N)CCCC(N(C)CCC(F)(F)F)C1. The molecular formula is C13H22F3N3. The van der Waals surface area contributed by atoms with Gasteiger partial charge in [-0.2, -0.15) is 18.4 Å². The molecule has 1 aliphatic carbocycles. The van der Waals surface area contributed by atoms with Gasteiger partial charge < -0.3 is 4.90 Å². The Morgan fingerprint density at radius 1 is 1.47 bits per heavy atom. The molecule has 6 heteroatoms. The fraction of sp³-hybridized carbons (Fsp3) is 0.923. The summed E-state index contributed by atoms with van der Waals surface area (Å²) in [6.45, 7) is 2.64. The molecule has 0 heterocycles. The molecule has 1 saturated carbocycles. The average Bonchev–Trinajstić information content (AvgIpc) is 2.35. The Bertz CT molecular complexity index is 320. The quantitative estimate of drug-likeness (QED) is 0.839. The van der Waals surface area contributed by atoms with E-state index in [4.69, 9.17) is 0 Å². The summed E-state index contributed by atoms with van der Waals surface area (Å²) in [6.07, 6.45) is -1.78. The van der Waals surface area contributed by atoms with Crippen LogP contribution in [0.3, 0.4) is 0 Å². The molecule has 0 aromatic rings. The predicted molar refractivity (Wildman–Crippen MR) is 67.6 cm³/mol. The van der Waals surface area contributed by atoms with E-state index in [0.717, 1.165) is 19.3 Å². The zero-order chi connectivity index (χ0) is 14.5. The van der Waals surface area contributed by atoms with Crippen molar-refractivity contribution >= 4 is 0 Å². The van der Waals surface area contributed by atoms with Crippen LogP contribution in [0, 0.1) is 11.3 Å². The molecule has 0 saturated heterocycles. The van der Waals surface area contributed by atoms with E-state index < -0.39 is 18.1 Å². The summed E-state index contributed by atoms with van der Waals surface area (Å²) < 4.78 is 36.7. The summed E-state index contributed by atoms with van der Waals surface area (Å²) in [5.74, 6) is 0. The second-order valence-corrected chi connectivity index (χ2v) is 5.32. The van der Waals surface area contributed by atoms with Crippen LogP contribution in [0.25, 0.3) is 0 Å². The van der Waals surface area contributed by atoms with Gasteiger partial charge in [0.1, 0.15) is 5.54 Å². The molecule has 1 N–H and O–H groups in total. The first kappa shape index (κ1) is 16.3. The zero-order valence-corrected chi connectivity index (χ0v) is 11.6. The minimum Gasteiger partial charge on any atom is -0.303 e. The molecular weight excluding hydrogens is 255 g/mol. The fourth-order valence-corrected chi connectivity index (χ4v) is 2.75. The van der Waals surface area contributed by atoms with Gasteiger partial charge in [-0.05, 0) is 39.3 Å². The summed E-state index contributed by atoms with van der Waals surface area (Å²) >= 11 is 0. The molecule has 0 bridgehead atoms. The molecule has 2 unspecified atom stereocenters. The Balaban J connectivity index is 2.56. The third kappa shape index (κ3) is 5.00. The normalized spacial score (nSPS) is 28.4. The van der Waals surface area contributed by atoms with E-state index in [-0.39, 0.29) is 12.6 Å².